The van der Waals surface area contributed by atoms with Crippen LogP contribution in [0.5, 0.6) is 0 Å². The van der Waals surface area contributed by atoms with E-state index in [1.807, 2.05) is 0 Å². The number of rotatable bonds is 0. The average molecular weight is 181 g/mol. The molecule has 1 aromatic rings. The van der Waals surface area contributed by atoms with Crippen molar-refractivity contribution in [2.24, 2.45) is 0 Å². The van der Waals surface area contributed by atoms with Gasteiger partial charge in [0.15, 0.2) is 0 Å². The zero-order valence-corrected chi connectivity index (χ0v) is 7.30. The second kappa shape index (κ2) is 4.05. The Balaban J connectivity index is 0.000000490. The van der Waals surface area contributed by atoms with E-state index in [9.17, 15) is 0 Å². The van der Waals surface area contributed by atoms with E-state index in [1.54, 1.807) is 24.3 Å². The van der Waals surface area contributed by atoms with Crippen molar-refractivity contribution in [1.82, 2.24) is 0 Å². The number of anilines is 1. The van der Waals surface area contributed by atoms with Gasteiger partial charge in [0, 0.05) is 0 Å². The fourth-order valence-electron chi connectivity index (χ4n) is 0.400. The van der Waals surface area contributed by atoms with Gasteiger partial charge in [-0.25, -0.2) is 0 Å². The van der Waals surface area contributed by atoms with E-state index in [4.69, 9.17) is 5.73 Å². The van der Waals surface area contributed by atoms with Gasteiger partial charge in [0.05, 0.1) is 0 Å². The predicted molar refractivity (Wildman–Crippen MR) is 29.7 cm³/mol. The molecule has 0 aliphatic carbocycles. The molecular formula is C6H6NY+2. The quantitative estimate of drug-likeness (QED) is 0.470. The van der Waals surface area contributed by atoms with Crippen LogP contribution in [-0.4, -0.2) is 0 Å². The molecule has 0 amide bonds. The third kappa shape index (κ3) is 2.44. The van der Waals surface area contributed by atoms with Gasteiger partial charge in [-0.15, -0.1) is 12.1 Å². The maximum Gasteiger partial charge on any atom is 3.00 e. The summed E-state index contributed by atoms with van der Waals surface area (Å²) >= 11 is 0. The Hall–Kier alpha value is 0.124. The molecule has 0 radical (unpaired) electrons. The molecule has 0 unspecified atom stereocenters. The summed E-state index contributed by atoms with van der Waals surface area (Å²) < 4.78 is 0. The molecule has 0 heterocycles. The molecular weight excluding hydrogens is 175 g/mol. The first kappa shape index (κ1) is 8.12. The van der Waals surface area contributed by atoms with Crippen LogP contribution >= 0.6 is 0 Å². The first-order chi connectivity index (χ1) is 3.39. The molecule has 0 bridgehead atoms. The van der Waals surface area contributed by atoms with E-state index in [-0.39, 0.29) is 32.7 Å². The fraction of sp³-hybridized carbons (Fsp3) is 0. The second-order valence-electron chi connectivity index (χ2n) is 1.33. The van der Waals surface area contributed by atoms with Crippen LogP contribution in [0.3, 0.4) is 0 Å². The van der Waals surface area contributed by atoms with E-state index < -0.39 is 0 Å². The maximum absolute atomic E-state index is 5.34. The molecule has 0 atom stereocenters. The van der Waals surface area contributed by atoms with Crippen molar-refractivity contribution in [3.8, 4) is 0 Å². The van der Waals surface area contributed by atoms with Gasteiger partial charge in [-0.3, -0.25) is 0 Å². The van der Waals surface area contributed by atoms with Crippen molar-refractivity contribution in [2.75, 3.05) is 5.73 Å². The van der Waals surface area contributed by atoms with Crippen molar-refractivity contribution in [2.45, 2.75) is 0 Å². The van der Waals surface area contributed by atoms with Gasteiger partial charge < -0.3 is 5.73 Å². The summed E-state index contributed by atoms with van der Waals surface area (Å²) in [7, 11) is 0. The van der Waals surface area contributed by atoms with E-state index in [1.165, 1.54) is 0 Å². The summed E-state index contributed by atoms with van der Waals surface area (Å²) in [6.07, 6.45) is 0. The smallest absolute Gasteiger partial charge is 0.419 e. The van der Waals surface area contributed by atoms with Crippen molar-refractivity contribution in [3.63, 3.8) is 0 Å². The van der Waals surface area contributed by atoms with Gasteiger partial charge in [0.2, 0.25) is 0 Å². The molecule has 1 nitrogen and oxygen atoms in total. The summed E-state index contributed by atoms with van der Waals surface area (Å²) in [5, 5.41) is 0. The zero-order chi connectivity index (χ0) is 5.11. The molecule has 36 valence electrons. The summed E-state index contributed by atoms with van der Waals surface area (Å²) in [4.78, 5) is 0. The normalized spacial score (nSPS) is 7.50. The number of benzene rings is 1. The second-order valence-corrected chi connectivity index (χ2v) is 1.33. The molecule has 0 fully saturated rings. The molecule has 0 saturated heterocycles. The van der Waals surface area contributed by atoms with Crippen LogP contribution in [0.15, 0.2) is 24.3 Å². The van der Waals surface area contributed by atoms with Crippen LogP contribution in [0.4, 0.5) is 5.69 Å². The molecule has 0 spiro atoms. The number of nitrogen functional groups attached to an aromatic ring is 1. The summed E-state index contributed by atoms with van der Waals surface area (Å²) in [6, 6.07) is 10.0. The molecule has 1 aromatic carbocycles. The minimum atomic E-state index is 0. The molecule has 2 N–H and O–H groups in total. The van der Waals surface area contributed by atoms with Crippen LogP contribution in [0.2, 0.25) is 0 Å². The van der Waals surface area contributed by atoms with Crippen LogP contribution in [-0.2, 0) is 32.7 Å². The largest absolute Gasteiger partial charge is 3.00 e. The van der Waals surface area contributed by atoms with E-state index >= 15 is 0 Å². The third-order valence-corrected chi connectivity index (χ3v) is 0.744. The molecule has 1 rings (SSSR count). The van der Waals surface area contributed by atoms with Crippen molar-refractivity contribution in [1.29, 1.82) is 0 Å². The Morgan fingerprint density at radius 2 is 1.75 bits per heavy atom. The molecule has 2 heteroatoms. The van der Waals surface area contributed by atoms with Crippen molar-refractivity contribution in [3.05, 3.63) is 30.3 Å². The Kier molecular flexibility index (Phi) is 4.11. The average Bonchev–Trinajstić information content (AvgIpc) is 1.69. The van der Waals surface area contributed by atoms with Crippen molar-refractivity contribution < 1.29 is 32.7 Å². The van der Waals surface area contributed by atoms with Gasteiger partial charge in [0.1, 0.15) is 0 Å². The SMILES string of the molecule is Nc1cc[c-]cc1.[Y+3]. The van der Waals surface area contributed by atoms with E-state index in [2.05, 4.69) is 6.07 Å². The van der Waals surface area contributed by atoms with Gasteiger partial charge in [-0.1, -0.05) is 5.69 Å². The first-order valence-corrected chi connectivity index (χ1v) is 2.11. The minimum absolute atomic E-state index is 0. The van der Waals surface area contributed by atoms with Gasteiger partial charge in [-0.2, -0.15) is 18.2 Å². The number of hydrogen-bond acceptors (Lipinski definition) is 1. The standard InChI is InChI=1S/C6H6N.Y/c7-6-4-2-1-3-5-6;/h2-5H,7H2;/q-1;+3. The summed E-state index contributed by atoms with van der Waals surface area (Å²) in [6.45, 7) is 0. The Morgan fingerprint density at radius 1 is 1.25 bits per heavy atom. The van der Waals surface area contributed by atoms with E-state index in [0.29, 0.717) is 0 Å². The van der Waals surface area contributed by atoms with Crippen LogP contribution in [0.1, 0.15) is 0 Å². The molecule has 0 aliphatic heterocycles. The Labute approximate surface area is 74.2 Å². The summed E-state index contributed by atoms with van der Waals surface area (Å²) in [5.74, 6) is 0. The topological polar surface area (TPSA) is 26.0 Å². The maximum atomic E-state index is 5.34. The van der Waals surface area contributed by atoms with Gasteiger partial charge >= 0.3 is 32.7 Å². The third-order valence-electron chi connectivity index (χ3n) is 0.744. The number of nitrogens with two attached hydrogens (primary N) is 1. The monoisotopic (exact) mass is 181 g/mol. The van der Waals surface area contributed by atoms with Gasteiger partial charge in [-0.05, 0) is 0 Å². The van der Waals surface area contributed by atoms with Gasteiger partial charge in [0.25, 0.3) is 0 Å². The van der Waals surface area contributed by atoms with E-state index in [0.717, 1.165) is 5.69 Å². The minimum Gasteiger partial charge on any atom is -0.419 e. The van der Waals surface area contributed by atoms with Crippen LogP contribution in [0.25, 0.3) is 0 Å². The van der Waals surface area contributed by atoms with Crippen LogP contribution < -0.4 is 5.73 Å². The molecule has 0 aromatic heterocycles. The molecule has 0 aliphatic rings. The fourth-order valence-corrected chi connectivity index (χ4v) is 0.400. The van der Waals surface area contributed by atoms with Crippen molar-refractivity contribution >= 4 is 5.69 Å². The number of hydrogen-bond donors (Lipinski definition) is 1. The Morgan fingerprint density at radius 3 is 2.00 bits per heavy atom. The summed E-state index contributed by atoms with van der Waals surface area (Å²) in [5.41, 5.74) is 6.13. The zero-order valence-electron chi connectivity index (χ0n) is 4.46. The van der Waals surface area contributed by atoms with Crippen LogP contribution in [0, 0.1) is 6.07 Å². The molecule has 8 heavy (non-hydrogen) atoms. The Bertz CT molecular complexity index is 138. The molecule has 0 saturated carbocycles. The first-order valence-electron chi connectivity index (χ1n) is 2.11. The predicted octanol–water partition coefficient (Wildman–Crippen LogP) is 1.07.